The minimum absolute atomic E-state index is 0.0186. The second-order valence-electron chi connectivity index (χ2n) is 14.4. The number of carbonyl (C=O) groups is 1. The van der Waals surface area contributed by atoms with Crippen molar-refractivity contribution in [1.82, 2.24) is 0 Å². The molecule has 0 unspecified atom stereocenters. The quantitative estimate of drug-likeness (QED) is 0.207. The lowest BCUT2D eigenvalue weighted by Crippen LogP contribution is -2.47. The number of fused-ring (bicyclic) bond motifs is 3. The van der Waals surface area contributed by atoms with Gasteiger partial charge in [-0.2, -0.15) is 0 Å². The van der Waals surface area contributed by atoms with Crippen molar-refractivity contribution in [3.05, 3.63) is 34.9 Å². The lowest BCUT2D eigenvalue weighted by molar-refractivity contribution is -0.119. The molecule has 1 aliphatic carbocycles. The van der Waals surface area contributed by atoms with Gasteiger partial charge in [0.15, 0.2) is 5.78 Å². The molecule has 1 heterocycles. The number of methoxy groups -OCH3 is 1. The van der Waals surface area contributed by atoms with E-state index in [0.717, 1.165) is 29.9 Å². The smallest absolute Gasteiger partial charge is 0.250 e. The average molecular weight is 543 g/mol. The van der Waals surface area contributed by atoms with Crippen LogP contribution in [-0.4, -0.2) is 33.4 Å². The number of carbonyl (C=O) groups excluding carboxylic acids is 1. The van der Waals surface area contributed by atoms with Crippen molar-refractivity contribution >= 4 is 14.1 Å². The summed E-state index contributed by atoms with van der Waals surface area (Å²) in [6, 6.07) is 4.62. The maximum Gasteiger partial charge on any atom is 0.250 e. The van der Waals surface area contributed by atoms with Crippen LogP contribution in [0.15, 0.2) is 23.8 Å². The first-order chi connectivity index (χ1) is 17.5. The second-order valence-corrected chi connectivity index (χ2v) is 19.1. The van der Waals surface area contributed by atoms with Crippen molar-refractivity contribution in [3.63, 3.8) is 0 Å². The van der Waals surface area contributed by atoms with E-state index < -0.39 is 8.32 Å². The SMILES string of the molecule is CCCCCCC(C)(C)c1cc2c(c(O[Si](C)(C)C(C)(C)C)c1)[C@@H]1CC(C(=O)COC)=CC[C@H]1C(C)(C)O2. The predicted octanol–water partition coefficient (Wildman–Crippen LogP) is 9.13. The molecule has 4 nitrogen and oxygen atoms in total. The van der Waals surface area contributed by atoms with Crippen LogP contribution in [0.2, 0.25) is 18.1 Å². The summed E-state index contributed by atoms with van der Waals surface area (Å²) >= 11 is 0. The minimum atomic E-state index is -2.12. The molecule has 214 valence electrons. The highest BCUT2D eigenvalue weighted by Gasteiger charge is 2.48. The van der Waals surface area contributed by atoms with Gasteiger partial charge in [-0.15, -0.1) is 0 Å². The Labute approximate surface area is 234 Å². The molecular weight excluding hydrogens is 488 g/mol. The van der Waals surface area contributed by atoms with Gasteiger partial charge in [0, 0.05) is 24.5 Å². The Morgan fingerprint density at radius 3 is 2.39 bits per heavy atom. The van der Waals surface area contributed by atoms with Gasteiger partial charge in [0.2, 0.25) is 8.32 Å². The average Bonchev–Trinajstić information content (AvgIpc) is 2.80. The number of ether oxygens (including phenoxy) is 2. The van der Waals surface area contributed by atoms with Gasteiger partial charge in [-0.1, -0.05) is 73.3 Å². The molecule has 0 saturated heterocycles. The van der Waals surface area contributed by atoms with Gasteiger partial charge in [-0.05, 0) is 79.9 Å². The molecule has 0 radical (unpaired) electrons. The van der Waals surface area contributed by atoms with Crippen LogP contribution in [0.3, 0.4) is 0 Å². The molecule has 0 fully saturated rings. The number of ketones is 1. The van der Waals surface area contributed by atoms with Crippen molar-refractivity contribution in [2.45, 2.75) is 135 Å². The monoisotopic (exact) mass is 542 g/mol. The predicted molar refractivity (Wildman–Crippen MR) is 161 cm³/mol. The zero-order chi connectivity index (χ0) is 28.5. The van der Waals surface area contributed by atoms with E-state index in [1.54, 1.807) is 7.11 Å². The van der Waals surface area contributed by atoms with E-state index in [9.17, 15) is 4.79 Å². The number of unbranched alkanes of at least 4 members (excludes halogenated alkanes) is 3. The molecule has 0 N–H and O–H groups in total. The lowest BCUT2D eigenvalue weighted by Gasteiger charge is -2.48. The van der Waals surface area contributed by atoms with Gasteiger partial charge in [0.05, 0.1) is 0 Å². The topological polar surface area (TPSA) is 44.8 Å². The standard InChI is InChI=1S/C33H54O4Si/c1-12-13-14-15-18-32(5,6)24-20-28-30(29(21-24)37-38(10,11)31(2,3)4)25-19-23(27(34)22-35-9)16-17-26(25)33(7,8)36-28/h16,20-21,25-26H,12-15,17-19,22H2,1-11H3/t25-,26-/m1/s1. The van der Waals surface area contributed by atoms with E-state index in [2.05, 4.69) is 86.7 Å². The number of allylic oxidation sites excluding steroid dienone is 1. The summed E-state index contributed by atoms with van der Waals surface area (Å²) in [5.41, 5.74) is 3.03. The Morgan fingerprint density at radius 2 is 1.79 bits per heavy atom. The molecule has 2 aliphatic rings. The fourth-order valence-electron chi connectivity index (χ4n) is 5.87. The van der Waals surface area contributed by atoms with Crippen molar-refractivity contribution in [3.8, 4) is 11.5 Å². The first-order valence-electron chi connectivity index (χ1n) is 14.8. The number of hydrogen-bond acceptors (Lipinski definition) is 4. The molecule has 3 rings (SSSR count). The molecular formula is C33H54O4Si. The first-order valence-corrected chi connectivity index (χ1v) is 17.7. The van der Waals surface area contributed by atoms with E-state index in [4.69, 9.17) is 13.9 Å². The molecule has 1 aromatic rings. The van der Waals surface area contributed by atoms with Crippen LogP contribution in [0.1, 0.15) is 117 Å². The number of hydrogen-bond donors (Lipinski definition) is 0. The number of benzene rings is 1. The van der Waals surface area contributed by atoms with E-state index in [1.807, 2.05) is 0 Å². The highest BCUT2D eigenvalue weighted by molar-refractivity contribution is 6.74. The Kier molecular flexibility index (Phi) is 9.35. The summed E-state index contributed by atoms with van der Waals surface area (Å²) in [5.74, 6) is 2.48. The molecule has 0 spiro atoms. The van der Waals surface area contributed by atoms with Crippen molar-refractivity contribution < 1.29 is 18.7 Å². The van der Waals surface area contributed by atoms with Gasteiger partial charge in [0.1, 0.15) is 23.7 Å². The van der Waals surface area contributed by atoms with Crippen LogP contribution < -0.4 is 9.16 Å². The summed E-state index contributed by atoms with van der Waals surface area (Å²) in [6.07, 6.45) is 9.84. The lowest BCUT2D eigenvalue weighted by atomic mass is 9.66. The summed E-state index contributed by atoms with van der Waals surface area (Å²) in [5, 5.41) is 0.0752. The maximum absolute atomic E-state index is 12.9. The van der Waals surface area contributed by atoms with Crippen molar-refractivity contribution in [2.75, 3.05) is 13.7 Å². The van der Waals surface area contributed by atoms with E-state index in [0.29, 0.717) is 6.42 Å². The van der Waals surface area contributed by atoms with Gasteiger partial charge in [-0.3, -0.25) is 4.79 Å². The molecule has 0 aromatic heterocycles. The molecule has 0 saturated carbocycles. The fourth-order valence-corrected chi connectivity index (χ4v) is 6.90. The largest absolute Gasteiger partial charge is 0.543 e. The van der Waals surface area contributed by atoms with E-state index in [1.165, 1.54) is 36.8 Å². The zero-order valence-corrected chi connectivity index (χ0v) is 27.2. The molecule has 1 aliphatic heterocycles. The Bertz CT molecular complexity index is 1030. The molecule has 0 bridgehead atoms. The first kappa shape index (κ1) is 30.9. The van der Waals surface area contributed by atoms with Crippen LogP contribution in [0, 0.1) is 5.92 Å². The van der Waals surface area contributed by atoms with Gasteiger partial charge in [-0.25, -0.2) is 0 Å². The highest BCUT2D eigenvalue weighted by atomic mass is 28.4. The maximum atomic E-state index is 12.9. The number of Topliss-reactive ketones (excluding diaryl/α,β-unsaturated/α-hetero) is 1. The summed E-state index contributed by atoms with van der Waals surface area (Å²) in [6.45, 7) is 23.1. The Hall–Kier alpha value is -1.59. The molecule has 5 heteroatoms. The van der Waals surface area contributed by atoms with Gasteiger partial charge >= 0.3 is 0 Å². The van der Waals surface area contributed by atoms with Crippen LogP contribution in [0.5, 0.6) is 11.5 Å². The number of rotatable bonds is 11. The Balaban J connectivity index is 2.14. The highest BCUT2D eigenvalue weighted by Crippen LogP contribution is 2.56. The third-order valence-corrected chi connectivity index (χ3v) is 13.9. The second kappa shape index (κ2) is 11.5. The van der Waals surface area contributed by atoms with E-state index >= 15 is 0 Å². The summed E-state index contributed by atoms with van der Waals surface area (Å²) in [4.78, 5) is 12.9. The Morgan fingerprint density at radius 1 is 1.11 bits per heavy atom. The van der Waals surface area contributed by atoms with Crippen LogP contribution in [0.25, 0.3) is 0 Å². The van der Waals surface area contributed by atoms with Crippen LogP contribution in [-0.2, 0) is 14.9 Å². The zero-order valence-electron chi connectivity index (χ0n) is 26.2. The van der Waals surface area contributed by atoms with Crippen molar-refractivity contribution in [1.29, 1.82) is 0 Å². The normalized spacial score (nSPS) is 21.2. The fraction of sp³-hybridized carbons (Fsp3) is 0.727. The molecule has 0 amide bonds. The van der Waals surface area contributed by atoms with Crippen LogP contribution in [0.4, 0.5) is 0 Å². The third kappa shape index (κ3) is 6.58. The van der Waals surface area contributed by atoms with Gasteiger partial charge in [0.25, 0.3) is 0 Å². The third-order valence-electron chi connectivity index (χ3n) is 9.53. The summed E-state index contributed by atoms with van der Waals surface area (Å²) in [7, 11) is -0.533. The molecule has 2 atom stereocenters. The summed E-state index contributed by atoms with van der Waals surface area (Å²) < 4.78 is 19.2. The molecule has 1 aromatic carbocycles. The van der Waals surface area contributed by atoms with Gasteiger partial charge < -0.3 is 13.9 Å². The molecule has 38 heavy (non-hydrogen) atoms. The van der Waals surface area contributed by atoms with E-state index in [-0.39, 0.29) is 40.3 Å². The van der Waals surface area contributed by atoms with Crippen LogP contribution >= 0.6 is 0 Å². The minimum Gasteiger partial charge on any atom is -0.543 e. The van der Waals surface area contributed by atoms with Crippen molar-refractivity contribution in [2.24, 2.45) is 5.92 Å².